The van der Waals surface area contributed by atoms with Crippen molar-refractivity contribution in [1.29, 1.82) is 5.26 Å². The van der Waals surface area contributed by atoms with Crippen molar-refractivity contribution in [2.24, 2.45) is 11.7 Å². The van der Waals surface area contributed by atoms with Gasteiger partial charge in [0.25, 0.3) is 5.91 Å². The average molecular weight is 578 g/mol. The van der Waals surface area contributed by atoms with Crippen molar-refractivity contribution < 1.29 is 9.53 Å². The number of pyridine rings is 2. The van der Waals surface area contributed by atoms with Gasteiger partial charge in [0.1, 0.15) is 23.1 Å². The van der Waals surface area contributed by atoms with Crippen molar-refractivity contribution in [2.45, 2.75) is 58.2 Å². The number of rotatable bonds is 7. The van der Waals surface area contributed by atoms with Crippen LogP contribution in [0.2, 0.25) is 0 Å². The Morgan fingerprint density at radius 2 is 2.05 bits per heavy atom. The summed E-state index contributed by atoms with van der Waals surface area (Å²) in [6.45, 7) is 6.18. The number of hydrogen-bond donors (Lipinski definition) is 1. The maximum atomic E-state index is 13.5. The number of fused-ring (bicyclic) bond motifs is 2. The lowest BCUT2D eigenvalue weighted by atomic mass is 10.1. The van der Waals surface area contributed by atoms with Crippen molar-refractivity contribution in [3.63, 3.8) is 0 Å². The number of amides is 1. The van der Waals surface area contributed by atoms with Gasteiger partial charge in [0, 0.05) is 48.9 Å². The molecule has 43 heavy (non-hydrogen) atoms. The number of ether oxygens (including phenoxy) is 1. The van der Waals surface area contributed by atoms with Gasteiger partial charge in [0.05, 0.1) is 42.0 Å². The van der Waals surface area contributed by atoms with Gasteiger partial charge in [-0.3, -0.25) is 13.9 Å². The molecule has 5 aromatic rings. The van der Waals surface area contributed by atoms with E-state index in [1.807, 2.05) is 35.3 Å². The van der Waals surface area contributed by atoms with Crippen molar-refractivity contribution >= 4 is 22.6 Å². The first kappa shape index (κ1) is 27.2. The van der Waals surface area contributed by atoms with Crippen molar-refractivity contribution in [1.82, 2.24) is 33.6 Å². The lowest BCUT2D eigenvalue weighted by molar-refractivity contribution is 0.0708. The number of nitrogens with zero attached hydrogens (tertiary/aromatic N) is 8. The van der Waals surface area contributed by atoms with Crippen LogP contribution in [0.25, 0.3) is 28.1 Å². The minimum atomic E-state index is -0.133. The molecular formula is C32H35N9O2. The highest BCUT2D eigenvalue weighted by atomic mass is 16.5. The van der Waals surface area contributed by atoms with E-state index < -0.39 is 0 Å². The summed E-state index contributed by atoms with van der Waals surface area (Å²) in [5.74, 6) is 1.12. The predicted octanol–water partition coefficient (Wildman–Crippen LogP) is 4.32. The third-order valence-corrected chi connectivity index (χ3v) is 8.82. The highest BCUT2D eigenvalue weighted by Crippen LogP contribution is 2.37. The molecule has 2 fully saturated rings. The van der Waals surface area contributed by atoms with E-state index in [0.717, 1.165) is 53.2 Å². The molecule has 7 rings (SSSR count). The Bertz CT molecular complexity index is 1910. The fourth-order valence-corrected chi connectivity index (χ4v) is 6.23. The number of piperidine rings is 1. The minimum absolute atomic E-state index is 0.00339. The van der Waals surface area contributed by atoms with E-state index in [1.54, 1.807) is 30.3 Å². The molecule has 2 aliphatic rings. The Morgan fingerprint density at radius 3 is 2.77 bits per heavy atom. The van der Waals surface area contributed by atoms with Crippen LogP contribution in [0.5, 0.6) is 5.88 Å². The molecule has 1 aliphatic carbocycles. The molecular weight excluding hydrogens is 542 g/mol. The van der Waals surface area contributed by atoms with Crippen LogP contribution in [0.3, 0.4) is 0 Å². The maximum Gasteiger partial charge on any atom is 0.254 e. The van der Waals surface area contributed by atoms with Crippen LogP contribution >= 0.6 is 0 Å². The minimum Gasteiger partial charge on any atom is -0.482 e. The molecule has 0 aromatic carbocycles. The second-order valence-corrected chi connectivity index (χ2v) is 11.9. The van der Waals surface area contributed by atoms with Gasteiger partial charge in [-0.05, 0) is 69.7 Å². The number of likely N-dealkylation sites (tertiary alicyclic amines) is 1. The van der Waals surface area contributed by atoms with Crippen molar-refractivity contribution in [3.05, 3.63) is 65.2 Å². The van der Waals surface area contributed by atoms with Gasteiger partial charge < -0.3 is 19.9 Å². The number of aryl methyl sites for hydroxylation is 1. The normalized spacial score (nSPS) is 17.8. The molecule has 0 bridgehead atoms. The van der Waals surface area contributed by atoms with E-state index in [9.17, 15) is 10.1 Å². The van der Waals surface area contributed by atoms with Gasteiger partial charge in [-0.25, -0.2) is 9.97 Å². The molecule has 0 spiro atoms. The van der Waals surface area contributed by atoms with E-state index in [2.05, 4.69) is 27.9 Å². The van der Waals surface area contributed by atoms with Gasteiger partial charge in [-0.15, -0.1) is 0 Å². The molecule has 11 heteroatoms. The summed E-state index contributed by atoms with van der Waals surface area (Å²) in [6, 6.07) is 11.9. The second-order valence-electron chi connectivity index (χ2n) is 11.9. The molecule has 1 saturated heterocycles. The first-order chi connectivity index (χ1) is 20.8. The monoisotopic (exact) mass is 577 g/mol. The number of nitrogens with two attached hydrogens (primary N) is 1. The average Bonchev–Trinajstić information content (AvgIpc) is 3.44. The van der Waals surface area contributed by atoms with E-state index in [-0.39, 0.29) is 18.0 Å². The van der Waals surface area contributed by atoms with Gasteiger partial charge in [-0.2, -0.15) is 10.4 Å². The van der Waals surface area contributed by atoms with Crippen LogP contribution in [-0.2, 0) is 6.54 Å². The Morgan fingerprint density at radius 1 is 1.21 bits per heavy atom. The molecule has 6 heterocycles. The molecule has 1 amide bonds. The number of methoxy groups -OCH3 is 1. The van der Waals surface area contributed by atoms with Crippen LogP contribution in [0, 0.1) is 24.2 Å². The SMILES string of the molecule is COc1cc(C(=O)N2CCC[C@@H](N)C2)cc2nc(-c3cc4ccc(C(C)n5cc(C#N)cn5)nc4n3CC3CC3)c(C)n12. The highest BCUT2D eigenvalue weighted by molar-refractivity contribution is 5.96. The molecule has 220 valence electrons. The van der Waals surface area contributed by atoms with Crippen LogP contribution in [0.1, 0.15) is 66.0 Å². The van der Waals surface area contributed by atoms with Crippen LogP contribution in [0.4, 0.5) is 0 Å². The number of carbonyl (C=O) groups is 1. The van der Waals surface area contributed by atoms with E-state index >= 15 is 0 Å². The van der Waals surface area contributed by atoms with Gasteiger partial charge in [0.15, 0.2) is 5.88 Å². The first-order valence-corrected chi connectivity index (χ1v) is 14.9. The second kappa shape index (κ2) is 10.5. The standard InChI is InChI=1S/C32H35N9O2/c1-19(40-17-22(14-33)15-35-40)26-9-8-23-11-27(39(31(23)36-26)16-21-6-7-21)30-20(2)41-28(37-30)12-24(13-29(41)43-3)32(42)38-10-4-5-25(34)18-38/h8-9,11-13,15,17,19,21,25H,4-7,10,16,18,34H2,1-3H3/t19?,25-/m1/s1. The largest absolute Gasteiger partial charge is 0.482 e. The summed E-state index contributed by atoms with van der Waals surface area (Å²) in [6.07, 6.45) is 7.55. The summed E-state index contributed by atoms with van der Waals surface area (Å²) in [5.41, 5.74) is 12.4. The molecule has 2 atom stereocenters. The summed E-state index contributed by atoms with van der Waals surface area (Å²) < 4.78 is 11.8. The molecule has 1 unspecified atom stereocenters. The Hall–Kier alpha value is -4.69. The van der Waals surface area contributed by atoms with Crippen LogP contribution < -0.4 is 10.5 Å². The molecule has 2 N–H and O–H groups in total. The first-order valence-electron chi connectivity index (χ1n) is 14.9. The Balaban J connectivity index is 1.32. The lowest BCUT2D eigenvalue weighted by Gasteiger charge is -2.30. The van der Waals surface area contributed by atoms with Gasteiger partial charge in [-0.1, -0.05) is 0 Å². The number of nitriles is 1. The summed E-state index contributed by atoms with van der Waals surface area (Å²) in [7, 11) is 1.62. The van der Waals surface area contributed by atoms with Gasteiger partial charge >= 0.3 is 0 Å². The van der Waals surface area contributed by atoms with Crippen molar-refractivity contribution in [3.8, 4) is 23.3 Å². The Kier molecular flexibility index (Phi) is 6.66. The lowest BCUT2D eigenvalue weighted by Crippen LogP contribution is -2.45. The zero-order valence-corrected chi connectivity index (χ0v) is 24.7. The van der Waals surface area contributed by atoms with Crippen molar-refractivity contribution in [2.75, 3.05) is 20.2 Å². The summed E-state index contributed by atoms with van der Waals surface area (Å²) >= 11 is 0. The molecule has 5 aromatic heterocycles. The zero-order chi connectivity index (χ0) is 29.8. The zero-order valence-electron chi connectivity index (χ0n) is 24.7. The summed E-state index contributed by atoms with van der Waals surface area (Å²) in [4.78, 5) is 25.5. The fourth-order valence-electron chi connectivity index (χ4n) is 6.23. The molecule has 0 radical (unpaired) electrons. The molecule has 1 aliphatic heterocycles. The number of hydrogen-bond acceptors (Lipinski definition) is 7. The van der Waals surface area contributed by atoms with Gasteiger partial charge in [0.2, 0.25) is 0 Å². The number of carbonyl (C=O) groups excluding carboxylic acids is 1. The Labute approximate surface area is 249 Å². The van der Waals surface area contributed by atoms with E-state index in [0.29, 0.717) is 41.7 Å². The fraction of sp³-hybridized carbons (Fsp3) is 0.406. The van der Waals surface area contributed by atoms with Crippen LogP contribution in [0.15, 0.2) is 42.7 Å². The number of aromatic nitrogens is 6. The maximum absolute atomic E-state index is 13.5. The van der Waals surface area contributed by atoms with E-state index in [4.69, 9.17) is 20.4 Å². The predicted molar refractivity (Wildman–Crippen MR) is 162 cm³/mol. The highest BCUT2D eigenvalue weighted by Gasteiger charge is 2.28. The third-order valence-electron chi connectivity index (χ3n) is 8.82. The number of imidazole rings is 1. The van der Waals surface area contributed by atoms with Crippen LogP contribution in [-0.4, -0.2) is 65.8 Å². The van der Waals surface area contributed by atoms with E-state index in [1.165, 1.54) is 12.8 Å². The molecule has 11 nitrogen and oxygen atoms in total. The topological polar surface area (TPSA) is 132 Å². The molecule has 1 saturated carbocycles. The smallest absolute Gasteiger partial charge is 0.254 e. The third kappa shape index (κ3) is 4.81. The quantitative estimate of drug-likeness (QED) is 0.305. The summed E-state index contributed by atoms with van der Waals surface area (Å²) in [5, 5.41) is 14.6.